The van der Waals surface area contributed by atoms with Gasteiger partial charge in [0.15, 0.2) is 0 Å². The van der Waals surface area contributed by atoms with E-state index in [2.05, 4.69) is 0 Å². The summed E-state index contributed by atoms with van der Waals surface area (Å²) in [5.74, 6) is 0.612. The first-order chi connectivity index (χ1) is 3.93. The summed E-state index contributed by atoms with van der Waals surface area (Å²) in [7, 11) is 0. The first-order valence-corrected chi connectivity index (χ1v) is 3.07. The summed E-state index contributed by atoms with van der Waals surface area (Å²) in [6.07, 6.45) is 0. The summed E-state index contributed by atoms with van der Waals surface area (Å²) in [5, 5.41) is 0. The summed E-state index contributed by atoms with van der Waals surface area (Å²) >= 11 is 5.53. The van der Waals surface area contributed by atoms with Gasteiger partial charge in [0.25, 0.3) is 0 Å². The van der Waals surface area contributed by atoms with Crippen molar-refractivity contribution in [1.82, 2.24) is 0 Å². The molecule has 0 N–H and O–H groups in total. The predicted octanol–water partition coefficient (Wildman–Crippen LogP) is 2.54. The molecule has 0 heterocycles. The number of hydrogen-bond acceptors (Lipinski definition) is 0. The van der Waals surface area contributed by atoms with Crippen molar-refractivity contribution < 1.29 is 1.43 Å². The molecule has 0 aliphatic rings. The molecule has 0 nitrogen and oxygen atoms in total. The standard InChI is InChI=1S/C7H7Cl/c8-6-7-4-2-1-3-5-7/h1-5H,6H2/p+1. The number of hydrogen-bond donors (Lipinski definition) is 0. The fraction of sp³-hybridized carbons (Fsp3) is 0.143. The van der Waals surface area contributed by atoms with Gasteiger partial charge in [0.2, 0.25) is 0 Å². The zero-order chi connectivity index (χ0) is 5.82. The van der Waals surface area contributed by atoms with Crippen molar-refractivity contribution in [1.29, 1.82) is 0 Å². The first kappa shape index (κ1) is 5.64. The molecule has 0 fully saturated rings. The van der Waals surface area contributed by atoms with Gasteiger partial charge in [-0.15, -0.1) is 11.6 Å². The molecule has 0 saturated carbocycles. The number of halogens is 1. The molecule has 1 heteroatoms. The zero-order valence-corrected chi connectivity index (χ0v) is 5.23. The van der Waals surface area contributed by atoms with E-state index < -0.39 is 0 Å². The van der Waals surface area contributed by atoms with E-state index in [1.54, 1.807) is 0 Å². The minimum Gasteiger partial charge on any atom is -0.122 e. The van der Waals surface area contributed by atoms with E-state index in [4.69, 9.17) is 11.6 Å². The Labute approximate surface area is 55.6 Å². The molecule has 1 aromatic carbocycles. The Balaban J connectivity index is 0.000000640. The van der Waals surface area contributed by atoms with Crippen LogP contribution in [-0.2, 0) is 5.88 Å². The third-order valence-corrected chi connectivity index (χ3v) is 1.31. The highest BCUT2D eigenvalue weighted by molar-refractivity contribution is 6.17. The monoisotopic (exact) mass is 127 g/mol. The van der Waals surface area contributed by atoms with E-state index in [0.29, 0.717) is 5.88 Å². The van der Waals surface area contributed by atoms with Gasteiger partial charge in [0.05, 0.1) is 0 Å². The van der Waals surface area contributed by atoms with Crippen molar-refractivity contribution in [2.75, 3.05) is 0 Å². The van der Waals surface area contributed by atoms with Crippen molar-refractivity contribution in [2.45, 2.75) is 5.88 Å². The van der Waals surface area contributed by atoms with E-state index in [-0.39, 0.29) is 1.43 Å². The van der Waals surface area contributed by atoms with E-state index in [9.17, 15) is 0 Å². The molecule has 0 atom stereocenters. The lowest BCUT2D eigenvalue weighted by atomic mass is 10.2. The molecule has 42 valence electrons. The van der Waals surface area contributed by atoms with Crippen LogP contribution >= 0.6 is 11.6 Å². The van der Waals surface area contributed by atoms with Crippen molar-refractivity contribution in [3.05, 3.63) is 35.9 Å². The van der Waals surface area contributed by atoms with E-state index in [0.717, 1.165) is 0 Å². The number of benzene rings is 1. The van der Waals surface area contributed by atoms with Crippen LogP contribution in [0.4, 0.5) is 0 Å². The Morgan fingerprint density at radius 3 is 2.25 bits per heavy atom. The molecule has 0 bridgehead atoms. The van der Waals surface area contributed by atoms with Crippen LogP contribution in [0.1, 0.15) is 6.99 Å². The van der Waals surface area contributed by atoms with Crippen molar-refractivity contribution in [3.63, 3.8) is 0 Å². The third-order valence-electron chi connectivity index (χ3n) is 0.997. The van der Waals surface area contributed by atoms with Crippen molar-refractivity contribution in [2.24, 2.45) is 0 Å². The fourth-order valence-corrected chi connectivity index (χ4v) is 0.745. The van der Waals surface area contributed by atoms with Crippen LogP contribution in [0.5, 0.6) is 0 Å². The molecular weight excluding hydrogens is 120 g/mol. The molecule has 0 saturated heterocycles. The molecule has 1 aromatic rings. The Hall–Kier alpha value is -0.490. The van der Waals surface area contributed by atoms with Gasteiger partial charge < -0.3 is 0 Å². The van der Waals surface area contributed by atoms with Gasteiger partial charge >= 0.3 is 1.43 Å². The highest BCUT2D eigenvalue weighted by Gasteiger charge is 1.81. The molecule has 0 unspecified atom stereocenters. The molecule has 0 radical (unpaired) electrons. The van der Waals surface area contributed by atoms with Gasteiger partial charge in [-0.2, -0.15) is 0 Å². The van der Waals surface area contributed by atoms with Crippen LogP contribution in [0.2, 0.25) is 0 Å². The van der Waals surface area contributed by atoms with E-state index in [1.807, 2.05) is 30.3 Å². The Kier molecular flexibility index (Phi) is 1.93. The van der Waals surface area contributed by atoms with Gasteiger partial charge in [-0.25, -0.2) is 0 Å². The normalized spacial score (nSPS) is 9.12. The van der Waals surface area contributed by atoms with Crippen molar-refractivity contribution in [3.8, 4) is 0 Å². The molecule has 0 aliphatic carbocycles. The Morgan fingerprint density at radius 2 is 1.88 bits per heavy atom. The molecule has 0 spiro atoms. The van der Waals surface area contributed by atoms with Gasteiger partial charge in [0, 0.05) is 5.88 Å². The molecule has 0 amide bonds. The largest absolute Gasteiger partial charge is 1.00 e. The van der Waals surface area contributed by atoms with Gasteiger partial charge in [-0.3, -0.25) is 0 Å². The average molecular weight is 128 g/mol. The lowest BCUT2D eigenvalue weighted by Gasteiger charge is -1.88. The maximum atomic E-state index is 5.53. The van der Waals surface area contributed by atoms with Crippen LogP contribution in [0.15, 0.2) is 30.3 Å². The van der Waals surface area contributed by atoms with Crippen LogP contribution in [-0.4, -0.2) is 0 Å². The van der Waals surface area contributed by atoms with Crippen molar-refractivity contribution >= 4 is 11.6 Å². The second-order valence-corrected chi connectivity index (χ2v) is 1.89. The zero-order valence-electron chi connectivity index (χ0n) is 5.47. The minimum absolute atomic E-state index is 0. The Morgan fingerprint density at radius 1 is 1.25 bits per heavy atom. The average Bonchev–Trinajstić information content (AvgIpc) is 1.90. The SMILES string of the molecule is ClCc1ccccc1.[H+]. The first-order valence-electron chi connectivity index (χ1n) is 2.53. The second kappa shape index (κ2) is 2.73. The summed E-state index contributed by atoms with van der Waals surface area (Å²) in [5.41, 5.74) is 1.18. The molecule has 8 heavy (non-hydrogen) atoms. The Bertz CT molecular complexity index is 150. The predicted molar refractivity (Wildman–Crippen MR) is 37.1 cm³/mol. The topological polar surface area (TPSA) is 0 Å². The second-order valence-electron chi connectivity index (χ2n) is 1.62. The number of rotatable bonds is 1. The highest BCUT2D eigenvalue weighted by Crippen LogP contribution is 2.00. The van der Waals surface area contributed by atoms with Gasteiger partial charge in [-0.05, 0) is 5.56 Å². The van der Waals surface area contributed by atoms with Crippen LogP contribution in [0.25, 0.3) is 0 Å². The number of alkyl halides is 1. The van der Waals surface area contributed by atoms with Gasteiger partial charge in [-0.1, -0.05) is 30.3 Å². The summed E-state index contributed by atoms with van der Waals surface area (Å²) in [6, 6.07) is 9.96. The smallest absolute Gasteiger partial charge is 0.122 e. The van der Waals surface area contributed by atoms with Gasteiger partial charge in [0.1, 0.15) is 0 Å². The van der Waals surface area contributed by atoms with E-state index in [1.165, 1.54) is 5.56 Å². The maximum absolute atomic E-state index is 5.53. The molecule has 0 aliphatic heterocycles. The summed E-state index contributed by atoms with van der Waals surface area (Å²) < 4.78 is 0. The molecule has 0 aromatic heterocycles. The maximum Gasteiger partial charge on any atom is 1.00 e. The highest BCUT2D eigenvalue weighted by atomic mass is 35.5. The van der Waals surface area contributed by atoms with E-state index >= 15 is 0 Å². The lowest BCUT2D eigenvalue weighted by Crippen LogP contribution is -1.71. The molecule has 1 rings (SSSR count). The van der Waals surface area contributed by atoms with Crippen LogP contribution in [0.3, 0.4) is 0 Å². The quantitative estimate of drug-likeness (QED) is 0.509. The lowest BCUT2D eigenvalue weighted by molar-refractivity contribution is 1.41. The molecular formula is C7H8Cl+. The third kappa shape index (κ3) is 1.24. The summed E-state index contributed by atoms with van der Waals surface area (Å²) in [6.45, 7) is 0. The fourth-order valence-electron chi connectivity index (χ4n) is 0.567. The van der Waals surface area contributed by atoms with Crippen LogP contribution < -0.4 is 0 Å². The minimum atomic E-state index is 0. The summed E-state index contributed by atoms with van der Waals surface area (Å²) in [4.78, 5) is 0. The van der Waals surface area contributed by atoms with Crippen LogP contribution in [0, 0.1) is 0 Å².